The maximum Gasteiger partial charge on any atom is 0.160 e. The van der Waals surface area contributed by atoms with Crippen molar-refractivity contribution >= 4 is 21.9 Å². The van der Waals surface area contributed by atoms with Crippen LogP contribution in [0.1, 0.15) is 32.0 Å². The average Bonchev–Trinajstić information content (AvgIpc) is 3.02. The molecule has 0 saturated heterocycles. The summed E-state index contributed by atoms with van der Waals surface area (Å²) in [5.41, 5.74) is 5.99. The predicted molar refractivity (Wildman–Crippen MR) is 98.2 cm³/mol. The Labute approximate surface area is 141 Å². The molecule has 0 aliphatic rings. The summed E-state index contributed by atoms with van der Waals surface area (Å²) in [6.07, 6.45) is 3.62. The number of furan rings is 1. The van der Waals surface area contributed by atoms with Crippen LogP contribution in [0.15, 0.2) is 53.3 Å². The lowest BCUT2D eigenvalue weighted by molar-refractivity contribution is 0.570. The first kappa shape index (κ1) is 14.9. The number of hydrogen-bond acceptors (Lipinski definition) is 3. The number of benzene rings is 1. The molecule has 0 bridgehead atoms. The maximum atomic E-state index is 5.73. The highest BCUT2D eigenvalue weighted by Crippen LogP contribution is 2.35. The molecule has 3 heteroatoms. The summed E-state index contributed by atoms with van der Waals surface area (Å²) in [6.45, 7) is 8.56. The van der Waals surface area contributed by atoms with Gasteiger partial charge in [0.05, 0.1) is 12.0 Å². The number of rotatable bonds is 1. The van der Waals surface area contributed by atoms with Crippen LogP contribution in [0.5, 0.6) is 0 Å². The highest BCUT2D eigenvalue weighted by atomic mass is 16.3. The highest BCUT2D eigenvalue weighted by Gasteiger charge is 2.19. The molecule has 0 N–H and O–H groups in total. The van der Waals surface area contributed by atoms with Crippen LogP contribution >= 0.6 is 0 Å². The van der Waals surface area contributed by atoms with Crippen molar-refractivity contribution < 1.29 is 4.42 Å². The molecule has 1 aromatic carbocycles. The van der Waals surface area contributed by atoms with Crippen LogP contribution in [0.25, 0.3) is 33.1 Å². The van der Waals surface area contributed by atoms with Crippen LogP contribution in [-0.2, 0) is 5.41 Å². The lowest BCUT2D eigenvalue weighted by atomic mass is 9.90. The molecule has 0 aliphatic heterocycles. The van der Waals surface area contributed by atoms with E-state index in [0.717, 1.165) is 44.4 Å². The van der Waals surface area contributed by atoms with Crippen LogP contribution in [0.3, 0.4) is 0 Å². The maximum absolute atomic E-state index is 5.73. The number of nitrogens with zero attached hydrogens (tertiary/aromatic N) is 2. The number of fused-ring (bicyclic) bond motifs is 3. The number of pyridine rings is 2. The Morgan fingerprint density at radius 3 is 2.54 bits per heavy atom. The van der Waals surface area contributed by atoms with Crippen molar-refractivity contribution in [1.29, 1.82) is 0 Å². The third-order valence-corrected chi connectivity index (χ3v) is 4.35. The van der Waals surface area contributed by atoms with Crippen molar-refractivity contribution in [2.24, 2.45) is 0 Å². The molecule has 0 radical (unpaired) electrons. The number of hydrogen-bond donors (Lipinski definition) is 0. The second kappa shape index (κ2) is 5.17. The van der Waals surface area contributed by atoms with E-state index >= 15 is 0 Å². The Bertz CT molecular complexity index is 1040. The van der Waals surface area contributed by atoms with E-state index in [2.05, 4.69) is 56.1 Å². The molecule has 0 saturated carbocycles. The normalized spacial score (nSPS) is 12.2. The second-order valence-electron chi connectivity index (χ2n) is 7.33. The molecule has 3 aromatic heterocycles. The van der Waals surface area contributed by atoms with Crippen molar-refractivity contribution in [2.45, 2.75) is 33.1 Å². The number of aryl methyl sites for hydroxylation is 1. The second-order valence-corrected chi connectivity index (χ2v) is 7.33. The van der Waals surface area contributed by atoms with Crippen LogP contribution < -0.4 is 0 Å². The quantitative estimate of drug-likeness (QED) is 0.455. The van der Waals surface area contributed by atoms with E-state index in [1.807, 2.05) is 19.2 Å². The molecule has 24 heavy (non-hydrogen) atoms. The first-order valence-electron chi connectivity index (χ1n) is 8.18. The topological polar surface area (TPSA) is 38.9 Å². The zero-order chi connectivity index (χ0) is 16.9. The zero-order valence-corrected chi connectivity index (χ0v) is 14.4. The van der Waals surface area contributed by atoms with Crippen LogP contribution in [-0.4, -0.2) is 9.97 Å². The van der Waals surface area contributed by atoms with Crippen molar-refractivity contribution in [1.82, 2.24) is 9.97 Å². The highest BCUT2D eigenvalue weighted by molar-refractivity contribution is 6.09. The zero-order valence-electron chi connectivity index (χ0n) is 14.4. The molecule has 120 valence electrons. The Kier molecular flexibility index (Phi) is 3.20. The van der Waals surface area contributed by atoms with Gasteiger partial charge in [-0.05, 0) is 36.8 Å². The molecule has 0 fully saturated rings. The fraction of sp³-hybridized carbons (Fsp3) is 0.238. The lowest BCUT2D eigenvalue weighted by Gasteiger charge is -2.18. The summed E-state index contributed by atoms with van der Waals surface area (Å²) in [5, 5.41) is 2.13. The SMILES string of the molecule is Cc1ccc(-c2cc3ccoc3c3nc(C(C)(C)C)ccc23)nc1. The van der Waals surface area contributed by atoms with Gasteiger partial charge >= 0.3 is 0 Å². The fourth-order valence-corrected chi connectivity index (χ4v) is 2.96. The molecule has 0 amide bonds. The van der Waals surface area contributed by atoms with Crippen LogP contribution in [0.2, 0.25) is 0 Å². The van der Waals surface area contributed by atoms with Gasteiger partial charge in [0.1, 0.15) is 5.52 Å². The van der Waals surface area contributed by atoms with Crippen molar-refractivity contribution in [3.8, 4) is 11.3 Å². The van der Waals surface area contributed by atoms with Crippen molar-refractivity contribution in [3.63, 3.8) is 0 Å². The monoisotopic (exact) mass is 316 g/mol. The molecule has 4 aromatic rings. The van der Waals surface area contributed by atoms with Gasteiger partial charge in [0.25, 0.3) is 0 Å². The van der Waals surface area contributed by atoms with E-state index in [-0.39, 0.29) is 5.41 Å². The Morgan fingerprint density at radius 2 is 1.83 bits per heavy atom. The molecule has 0 aliphatic carbocycles. The minimum atomic E-state index is -0.00871. The van der Waals surface area contributed by atoms with Gasteiger partial charge < -0.3 is 4.42 Å². The third kappa shape index (κ3) is 2.37. The fourth-order valence-electron chi connectivity index (χ4n) is 2.96. The van der Waals surface area contributed by atoms with Gasteiger partial charge in [0, 0.05) is 33.6 Å². The standard InChI is InChI=1S/C21H20N2O/c1-13-5-7-17(22-12-13)16-11-14-9-10-24-20(14)19-15(16)6-8-18(23-19)21(2,3)4/h5-12H,1-4H3. The predicted octanol–water partition coefficient (Wildman–Crippen LogP) is 5.65. The first-order valence-corrected chi connectivity index (χ1v) is 8.18. The van der Waals surface area contributed by atoms with Gasteiger partial charge in [-0.25, -0.2) is 4.98 Å². The summed E-state index contributed by atoms with van der Waals surface area (Å²) in [6, 6.07) is 12.5. The Hall–Kier alpha value is -2.68. The molecule has 3 nitrogen and oxygen atoms in total. The largest absolute Gasteiger partial charge is 0.462 e. The summed E-state index contributed by atoms with van der Waals surface area (Å²) in [7, 11) is 0. The van der Waals surface area contributed by atoms with E-state index in [4.69, 9.17) is 9.40 Å². The summed E-state index contributed by atoms with van der Waals surface area (Å²) in [4.78, 5) is 9.53. The molecule has 0 spiro atoms. The molecule has 3 heterocycles. The summed E-state index contributed by atoms with van der Waals surface area (Å²) < 4.78 is 5.73. The van der Waals surface area contributed by atoms with Gasteiger partial charge in [-0.3, -0.25) is 4.98 Å². The summed E-state index contributed by atoms with van der Waals surface area (Å²) >= 11 is 0. The molecule has 0 atom stereocenters. The van der Waals surface area contributed by atoms with Crippen LogP contribution in [0, 0.1) is 6.92 Å². The van der Waals surface area contributed by atoms with E-state index in [1.165, 1.54) is 0 Å². The van der Waals surface area contributed by atoms with Gasteiger partial charge in [-0.1, -0.05) is 32.9 Å². The van der Waals surface area contributed by atoms with E-state index in [9.17, 15) is 0 Å². The first-order chi connectivity index (χ1) is 11.4. The van der Waals surface area contributed by atoms with Crippen molar-refractivity contribution in [2.75, 3.05) is 0 Å². The summed E-state index contributed by atoms with van der Waals surface area (Å²) in [5.74, 6) is 0. The Morgan fingerprint density at radius 1 is 1.00 bits per heavy atom. The number of aromatic nitrogens is 2. The molecule has 0 unspecified atom stereocenters. The van der Waals surface area contributed by atoms with E-state index in [1.54, 1.807) is 6.26 Å². The molecular formula is C21H20N2O. The minimum absolute atomic E-state index is 0.00871. The van der Waals surface area contributed by atoms with E-state index in [0.29, 0.717) is 0 Å². The van der Waals surface area contributed by atoms with Gasteiger partial charge in [-0.2, -0.15) is 0 Å². The lowest BCUT2D eigenvalue weighted by Crippen LogP contribution is -2.13. The average molecular weight is 316 g/mol. The van der Waals surface area contributed by atoms with Crippen molar-refractivity contribution in [3.05, 3.63) is 60.1 Å². The molecule has 4 rings (SSSR count). The van der Waals surface area contributed by atoms with Gasteiger partial charge in [0.2, 0.25) is 0 Å². The van der Waals surface area contributed by atoms with E-state index < -0.39 is 0 Å². The third-order valence-electron chi connectivity index (χ3n) is 4.35. The molecular weight excluding hydrogens is 296 g/mol. The minimum Gasteiger partial charge on any atom is -0.462 e. The van der Waals surface area contributed by atoms with Gasteiger partial charge in [0.15, 0.2) is 5.58 Å². The Balaban J connectivity index is 2.08. The van der Waals surface area contributed by atoms with Gasteiger partial charge in [-0.15, -0.1) is 0 Å². The van der Waals surface area contributed by atoms with Crippen LogP contribution in [0.4, 0.5) is 0 Å². The smallest absolute Gasteiger partial charge is 0.160 e.